The van der Waals surface area contributed by atoms with Crippen LogP contribution in [0.15, 0.2) is 18.2 Å². The molecule has 2 rings (SSSR count). The number of nitrogens with one attached hydrogen (secondary N) is 1. The summed E-state index contributed by atoms with van der Waals surface area (Å²) in [6.07, 6.45) is 1.34. The highest BCUT2D eigenvalue weighted by atomic mass is 16.5. The fourth-order valence-electron chi connectivity index (χ4n) is 2.56. The Hall–Kier alpha value is -0.860. The Bertz CT molecular complexity index is 375. The molecule has 0 aliphatic heterocycles. The van der Waals surface area contributed by atoms with E-state index in [0.29, 0.717) is 0 Å². The number of hydrogen-bond donors (Lipinski definition) is 1. The lowest BCUT2D eigenvalue weighted by Gasteiger charge is -2.07. The van der Waals surface area contributed by atoms with Gasteiger partial charge in [0.15, 0.2) is 0 Å². The molecule has 1 aromatic rings. The average Bonchev–Trinajstić information content (AvgIpc) is 3.04. The molecule has 2 atom stereocenters. The van der Waals surface area contributed by atoms with Crippen LogP contribution in [0.25, 0.3) is 0 Å². The predicted molar refractivity (Wildman–Crippen MR) is 71.5 cm³/mol. The molecule has 1 aromatic carbocycles. The van der Waals surface area contributed by atoms with Gasteiger partial charge in [0.05, 0.1) is 6.61 Å². The fraction of sp³-hybridized carbons (Fsp3) is 0.600. The Morgan fingerprint density at radius 3 is 2.88 bits per heavy atom. The second-order valence-corrected chi connectivity index (χ2v) is 5.16. The molecule has 1 aliphatic carbocycles. The Labute approximate surface area is 104 Å². The van der Waals surface area contributed by atoms with Gasteiger partial charge >= 0.3 is 0 Å². The van der Waals surface area contributed by atoms with Crippen molar-refractivity contribution in [1.29, 1.82) is 0 Å². The molecule has 2 unspecified atom stereocenters. The molecule has 2 heteroatoms. The zero-order chi connectivity index (χ0) is 12.3. The Kier molecular flexibility index (Phi) is 4.19. The number of rotatable bonds is 6. The number of hydrogen-bond acceptors (Lipinski definition) is 2. The maximum Gasteiger partial charge on any atom is 0.0587 e. The summed E-state index contributed by atoms with van der Waals surface area (Å²) in [5.41, 5.74) is 4.37. The topological polar surface area (TPSA) is 21.3 Å². The third-order valence-corrected chi connectivity index (χ3v) is 3.64. The van der Waals surface area contributed by atoms with Crippen molar-refractivity contribution in [3.63, 3.8) is 0 Å². The molecule has 0 saturated heterocycles. The third kappa shape index (κ3) is 3.30. The zero-order valence-corrected chi connectivity index (χ0v) is 11.1. The summed E-state index contributed by atoms with van der Waals surface area (Å²) in [5.74, 6) is 1.61. The average molecular weight is 233 g/mol. The first kappa shape index (κ1) is 12.6. The molecule has 0 spiro atoms. The van der Waals surface area contributed by atoms with Crippen LogP contribution in [0.2, 0.25) is 0 Å². The smallest absolute Gasteiger partial charge is 0.0587 e. The minimum atomic E-state index is 0.783. The van der Waals surface area contributed by atoms with Crippen LogP contribution in [0.1, 0.15) is 29.0 Å². The molecule has 17 heavy (non-hydrogen) atoms. The van der Waals surface area contributed by atoms with Crippen LogP contribution in [0.3, 0.4) is 0 Å². The lowest BCUT2D eigenvalue weighted by atomic mass is 10.0. The van der Waals surface area contributed by atoms with Gasteiger partial charge in [0, 0.05) is 13.7 Å². The van der Waals surface area contributed by atoms with Crippen LogP contribution >= 0.6 is 0 Å². The van der Waals surface area contributed by atoms with E-state index in [9.17, 15) is 0 Å². The molecule has 1 N–H and O–H groups in total. The van der Waals surface area contributed by atoms with E-state index >= 15 is 0 Å². The van der Waals surface area contributed by atoms with Gasteiger partial charge < -0.3 is 10.1 Å². The number of aryl methyl sites for hydroxylation is 2. The zero-order valence-electron chi connectivity index (χ0n) is 11.1. The van der Waals surface area contributed by atoms with Gasteiger partial charge in [-0.25, -0.2) is 0 Å². The van der Waals surface area contributed by atoms with E-state index in [1.54, 1.807) is 12.7 Å². The standard InChI is InChI=1S/C15H23NO/c1-11-4-5-14(12(2)8-11)15-9-13(15)10-16-6-7-17-3/h4-5,8,13,15-16H,6-7,9-10H2,1-3H3. The number of benzene rings is 1. The summed E-state index contributed by atoms with van der Waals surface area (Å²) in [4.78, 5) is 0. The van der Waals surface area contributed by atoms with Gasteiger partial charge in [-0.3, -0.25) is 0 Å². The van der Waals surface area contributed by atoms with E-state index in [-0.39, 0.29) is 0 Å². The van der Waals surface area contributed by atoms with Crippen molar-refractivity contribution in [3.8, 4) is 0 Å². The van der Waals surface area contributed by atoms with E-state index in [2.05, 4.69) is 37.4 Å². The van der Waals surface area contributed by atoms with Gasteiger partial charge in [0.25, 0.3) is 0 Å². The molecule has 94 valence electrons. The molecule has 2 nitrogen and oxygen atoms in total. The van der Waals surface area contributed by atoms with Crippen LogP contribution < -0.4 is 5.32 Å². The molecule has 0 heterocycles. The van der Waals surface area contributed by atoms with E-state index < -0.39 is 0 Å². The fourth-order valence-corrected chi connectivity index (χ4v) is 2.56. The lowest BCUT2D eigenvalue weighted by Crippen LogP contribution is -2.21. The Balaban J connectivity index is 1.81. The van der Waals surface area contributed by atoms with Gasteiger partial charge in [0.2, 0.25) is 0 Å². The maximum atomic E-state index is 5.03. The molecule has 1 fully saturated rings. The highest BCUT2D eigenvalue weighted by Crippen LogP contribution is 2.48. The molecular formula is C15H23NO. The minimum absolute atomic E-state index is 0.783. The first-order chi connectivity index (χ1) is 8.22. The van der Waals surface area contributed by atoms with Crippen LogP contribution in [-0.4, -0.2) is 26.8 Å². The van der Waals surface area contributed by atoms with E-state index in [1.807, 2.05) is 0 Å². The maximum absolute atomic E-state index is 5.03. The van der Waals surface area contributed by atoms with E-state index in [0.717, 1.165) is 31.5 Å². The Morgan fingerprint density at radius 2 is 2.18 bits per heavy atom. The normalized spacial score (nSPS) is 22.8. The molecule has 1 saturated carbocycles. The summed E-state index contributed by atoms with van der Waals surface area (Å²) in [6, 6.07) is 6.84. The van der Waals surface area contributed by atoms with Crippen LogP contribution in [-0.2, 0) is 4.74 Å². The monoisotopic (exact) mass is 233 g/mol. The molecule has 1 aliphatic rings. The van der Waals surface area contributed by atoms with Gasteiger partial charge in [-0.1, -0.05) is 23.8 Å². The van der Waals surface area contributed by atoms with Crippen LogP contribution in [0.4, 0.5) is 0 Å². The largest absolute Gasteiger partial charge is 0.383 e. The van der Waals surface area contributed by atoms with Crippen molar-refractivity contribution < 1.29 is 4.74 Å². The summed E-state index contributed by atoms with van der Waals surface area (Å²) in [7, 11) is 1.75. The van der Waals surface area contributed by atoms with E-state index in [4.69, 9.17) is 4.74 Å². The number of methoxy groups -OCH3 is 1. The quantitative estimate of drug-likeness (QED) is 0.763. The second-order valence-electron chi connectivity index (χ2n) is 5.16. The van der Waals surface area contributed by atoms with Gasteiger partial charge in [0.1, 0.15) is 0 Å². The summed E-state index contributed by atoms with van der Waals surface area (Å²) < 4.78 is 5.03. The van der Waals surface area contributed by atoms with Crippen molar-refractivity contribution in [2.45, 2.75) is 26.2 Å². The van der Waals surface area contributed by atoms with Crippen molar-refractivity contribution in [1.82, 2.24) is 5.32 Å². The third-order valence-electron chi connectivity index (χ3n) is 3.64. The Morgan fingerprint density at radius 1 is 1.35 bits per heavy atom. The van der Waals surface area contributed by atoms with Crippen molar-refractivity contribution in [2.75, 3.05) is 26.8 Å². The highest BCUT2D eigenvalue weighted by molar-refractivity contribution is 5.36. The summed E-state index contributed by atoms with van der Waals surface area (Å²) in [6.45, 7) is 7.29. The summed E-state index contributed by atoms with van der Waals surface area (Å²) in [5, 5.41) is 3.45. The van der Waals surface area contributed by atoms with Gasteiger partial charge in [-0.05, 0) is 49.8 Å². The SMILES string of the molecule is COCCNCC1CC1c1ccc(C)cc1C. The van der Waals surface area contributed by atoms with Crippen LogP contribution in [0, 0.1) is 19.8 Å². The van der Waals surface area contributed by atoms with Gasteiger partial charge in [-0.2, -0.15) is 0 Å². The van der Waals surface area contributed by atoms with Crippen molar-refractivity contribution >= 4 is 0 Å². The number of ether oxygens (including phenoxy) is 1. The van der Waals surface area contributed by atoms with Crippen LogP contribution in [0.5, 0.6) is 0 Å². The minimum Gasteiger partial charge on any atom is -0.383 e. The molecule has 0 amide bonds. The highest BCUT2D eigenvalue weighted by Gasteiger charge is 2.38. The van der Waals surface area contributed by atoms with E-state index in [1.165, 1.54) is 17.5 Å². The molecule has 0 aromatic heterocycles. The molecule has 0 radical (unpaired) electrons. The van der Waals surface area contributed by atoms with Crippen molar-refractivity contribution in [2.24, 2.45) is 5.92 Å². The van der Waals surface area contributed by atoms with Gasteiger partial charge in [-0.15, -0.1) is 0 Å². The predicted octanol–water partition coefficient (Wildman–Crippen LogP) is 2.64. The first-order valence-electron chi connectivity index (χ1n) is 6.49. The molecular weight excluding hydrogens is 210 g/mol. The van der Waals surface area contributed by atoms with Crippen molar-refractivity contribution in [3.05, 3.63) is 34.9 Å². The molecule has 0 bridgehead atoms. The summed E-state index contributed by atoms with van der Waals surface area (Å²) >= 11 is 0. The lowest BCUT2D eigenvalue weighted by molar-refractivity contribution is 0.199. The second kappa shape index (κ2) is 5.65. The first-order valence-corrected chi connectivity index (χ1v) is 6.49.